The third kappa shape index (κ3) is 3.11. The number of anilines is 1. The number of benzene rings is 1. The van der Waals surface area contributed by atoms with Crippen molar-refractivity contribution in [3.63, 3.8) is 0 Å². The van der Waals surface area contributed by atoms with Crippen LogP contribution in [0.15, 0.2) is 24.3 Å². The lowest BCUT2D eigenvalue weighted by Crippen LogP contribution is -2.36. The van der Waals surface area contributed by atoms with Crippen molar-refractivity contribution in [3.05, 3.63) is 29.4 Å². The van der Waals surface area contributed by atoms with Crippen LogP contribution in [0.1, 0.15) is 12.8 Å². The zero-order valence-electron chi connectivity index (χ0n) is 12.6. The quantitative estimate of drug-likeness (QED) is 0.872. The summed E-state index contributed by atoms with van der Waals surface area (Å²) in [6.07, 6.45) is 2.50. The van der Waals surface area contributed by atoms with Crippen LogP contribution in [-0.2, 0) is 0 Å². The average molecular weight is 305 g/mol. The van der Waals surface area contributed by atoms with Gasteiger partial charge in [0.1, 0.15) is 0 Å². The number of hydrogen-bond acceptors (Lipinski definition) is 4. The van der Waals surface area contributed by atoms with Crippen LogP contribution in [0.25, 0.3) is 10.8 Å². The molecule has 4 nitrogen and oxygen atoms in total. The van der Waals surface area contributed by atoms with E-state index in [-0.39, 0.29) is 0 Å². The highest BCUT2D eigenvalue weighted by atomic mass is 35.5. The highest BCUT2D eigenvalue weighted by Crippen LogP contribution is 2.28. The van der Waals surface area contributed by atoms with E-state index in [4.69, 9.17) is 11.6 Å². The van der Waals surface area contributed by atoms with Crippen molar-refractivity contribution >= 4 is 28.2 Å². The Morgan fingerprint density at radius 2 is 1.86 bits per heavy atom. The third-order valence-corrected chi connectivity index (χ3v) is 4.63. The molecule has 0 aliphatic carbocycles. The Kier molecular flexibility index (Phi) is 4.27. The van der Waals surface area contributed by atoms with Crippen molar-refractivity contribution in [3.8, 4) is 0 Å². The van der Waals surface area contributed by atoms with Gasteiger partial charge in [-0.25, -0.2) is 0 Å². The van der Waals surface area contributed by atoms with Gasteiger partial charge in [-0.1, -0.05) is 35.9 Å². The first-order chi connectivity index (χ1) is 10.1. The summed E-state index contributed by atoms with van der Waals surface area (Å²) in [7, 11) is 4.29. The summed E-state index contributed by atoms with van der Waals surface area (Å²) >= 11 is 6.14. The fourth-order valence-corrected chi connectivity index (χ4v) is 3.26. The van der Waals surface area contributed by atoms with Crippen LogP contribution in [0.3, 0.4) is 0 Å². The topological polar surface area (TPSA) is 32.3 Å². The van der Waals surface area contributed by atoms with E-state index in [0.717, 1.165) is 29.1 Å². The molecule has 1 aliphatic heterocycles. The van der Waals surface area contributed by atoms with E-state index >= 15 is 0 Å². The van der Waals surface area contributed by atoms with Gasteiger partial charge in [0.15, 0.2) is 11.0 Å². The van der Waals surface area contributed by atoms with Crippen molar-refractivity contribution in [1.29, 1.82) is 0 Å². The molecule has 5 heteroatoms. The molecular weight excluding hydrogens is 284 g/mol. The minimum Gasteiger partial charge on any atom is -0.357 e. The zero-order chi connectivity index (χ0) is 14.8. The van der Waals surface area contributed by atoms with Gasteiger partial charge in [0.25, 0.3) is 0 Å². The van der Waals surface area contributed by atoms with Gasteiger partial charge in [0.2, 0.25) is 0 Å². The Morgan fingerprint density at radius 3 is 2.57 bits per heavy atom. The van der Waals surface area contributed by atoms with Crippen molar-refractivity contribution in [2.24, 2.45) is 5.92 Å². The van der Waals surface area contributed by atoms with Crippen molar-refractivity contribution in [2.75, 3.05) is 38.6 Å². The van der Waals surface area contributed by atoms with Crippen LogP contribution < -0.4 is 4.90 Å². The highest BCUT2D eigenvalue weighted by Gasteiger charge is 2.20. The Morgan fingerprint density at radius 1 is 1.19 bits per heavy atom. The molecule has 1 aromatic carbocycles. The first kappa shape index (κ1) is 14.5. The Hall–Kier alpha value is -1.39. The fraction of sp³-hybridized carbons (Fsp3) is 0.500. The first-order valence-electron chi connectivity index (χ1n) is 7.46. The second-order valence-electron chi connectivity index (χ2n) is 5.99. The molecule has 3 rings (SSSR count). The molecule has 0 radical (unpaired) electrons. The van der Waals surface area contributed by atoms with Crippen LogP contribution in [0.5, 0.6) is 0 Å². The molecular formula is C16H21ClN4. The zero-order valence-corrected chi connectivity index (χ0v) is 13.3. The molecule has 1 aromatic heterocycles. The second kappa shape index (κ2) is 6.16. The van der Waals surface area contributed by atoms with Crippen molar-refractivity contribution < 1.29 is 0 Å². The molecule has 0 amide bonds. The molecule has 112 valence electrons. The maximum Gasteiger partial charge on any atom is 0.159 e. The van der Waals surface area contributed by atoms with E-state index in [0.29, 0.717) is 5.15 Å². The average Bonchev–Trinajstić information content (AvgIpc) is 2.50. The standard InChI is InChI=1S/C16H21ClN4/c1-20-9-7-12(8-10-20)11-21(2)16-14-6-4-3-5-13(14)15(17)18-19-16/h3-6,12H,7-11H2,1-2H3. The van der Waals surface area contributed by atoms with E-state index in [1.165, 1.54) is 25.9 Å². The molecule has 0 saturated carbocycles. The highest BCUT2D eigenvalue weighted by molar-refractivity contribution is 6.34. The molecule has 0 unspecified atom stereocenters. The van der Waals surface area contributed by atoms with Crippen molar-refractivity contribution in [1.82, 2.24) is 15.1 Å². The fourth-order valence-electron chi connectivity index (χ4n) is 3.06. The lowest BCUT2D eigenvalue weighted by atomic mass is 9.96. The van der Waals surface area contributed by atoms with Crippen LogP contribution >= 0.6 is 11.6 Å². The summed E-state index contributed by atoms with van der Waals surface area (Å²) in [5.41, 5.74) is 0. The largest absolute Gasteiger partial charge is 0.357 e. The molecule has 1 aliphatic rings. The summed E-state index contributed by atoms with van der Waals surface area (Å²) < 4.78 is 0. The van der Waals surface area contributed by atoms with Gasteiger partial charge in [-0.3, -0.25) is 0 Å². The van der Waals surface area contributed by atoms with Gasteiger partial charge in [0.05, 0.1) is 0 Å². The predicted molar refractivity (Wildman–Crippen MR) is 88.0 cm³/mol. The van der Waals surface area contributed by atoms with Gasteiger partial charge in [-0.05, 0) is 38.9 Å². The number of rotatable bonds is 3. The van der Waals surface area contributed by atoms with Gasteiger partial charge in [0, 0.05) is 24.4 Å². The molecule has 0 atom stereocenters. The molecule has 1 saturated heterocycles. The summed E-state index contributed by atoms with van der Waals surface area (Å²) in [5.74, 6) is 1.65. The summed E-state index contributed by atoms with van der Waals surface area (Å²) in [5, 5.41) is 10.9. The molecule has 0 bridgehead atoms. The maximum absolute atomic E-state index is 6.14. The van der Waals surface area contributed by atoms with Crippen LogP contribution in [0.2, 0.25) is 5.15 Å². The smallest absolute Gasteiger partial charge is 0.159 e. The number of aromatic nitrogens is 2. The van der Waals surface area contributed by atoms with Gasteiger partial charge in [-0.15, -0.1) is 10.2 Å². The molecule has 0 spiro atoms. The van der Waals surface area contributed by atoms with Gasteiger partial charge in [-0.2, -0.15) is 0 Å². The number of likely N-dealkylation sites (tertiary alicyclic amines) is 1. The number of piperidine rings is 1. The van der Waals surface area contributed by atoms with Gasteiger partial charge >= 0.3 is 0 Å². The molecule has 2 heterocycles. The second-order valence-corrected chi connectivity index (χ2v) is 6.35. The normalized spacial score (nSPS) is 17.3. The molecule has 21 heavy (non-hydrogen) atoms. The third-order valence-electron chi connectivity index (χ3n) is 4.35. The molecule has 0 N–H and O–H groups in total. The lowest BCUT2D eigenvalue weighted by molar-refractivity contribution is 0.222. The van der Waals surface area contributed by atoms with E-state index in [2.05, 4.69) is 40.2 Å². The number of fused-ring (bicyclic) bond motifs is 1. The van der Waals surface area contributed by atoms with Gasteiger partial charge < -0.3 is 9.80 Å². The monoisotopic (exact) mass is 304 g/mol. The van der Waals surface area contributed by atoms with Crippen molar-refractivity contribution in [2.45, 2.75) is 12.8 Å². The first-order valence-corrected chi connectivity index (χ1v) is 7.83. The predicted octanol–water partition coefficient (Wildman–Crippen LogP) is 3.06. The Bertz CT molecular complexity index is 623. The van der Waals surface area contributed by atoms with Crippen LogP contribution in [0.4, 0.5) is 5.82 Å². The molecule has 2 aromatic rings. The summed E-state index contributed by atoms with van der Waals surface area (Å²) in [6.45, 7) is 3.39. The summed E-state index contributed by atoms with van der Waals surface area (Å²) in [6, 6.07) is 8.07. The maximum atomic E-state index is 6.14. The Labute approximate surface area is 130 Å². The molecule has 1 fully saturated rings. The number of halogens is 1. The SMILES string of the molecule is CN1CCC(CN(C)c2nnc(Cl)c3ccccc23)CC1. The lowest BCUT2D eigenvalue weighted by Gasteiger charge is -2.32. The van der Waals surface area contributed by atoms with E-state index in [9.17, 15) is 0 Å². The van der Waals surface area contributed by atoms with E-state index in [1.54, 1.807) is 0 Å². The number of hydrogen-bond donors (Lipinski definition) is 0. The van der Waals surface area contributed by atoms with Crippen LogP contribution in [-0.4, -0.2) is 48.8 Å². The minimum atomic E-state index is 0.474. The summed E-state index contributed by atoms with van der Waals surface area (Å²) in [4.78, 5) is 4.62. The van der Waals surface area contributed by atoms with Crippen LogP contribution in [0, 0.1) is 5.92 Å². The minimum absolute atomic E-state index is 0.474. The number of nitrogens with zero attached hydrogens (tertiary/aromatic N) is 4. The van der Waals surface area contributed by atoms with E-state index in [1.807, 2.05) is 18.2 Å². The Balaban J connectivity index is 1.81. The van der Waals surface area contributed by atoms with E-state index < -0.39 is 0 Å².